The van der Waals surface area contributed by atoms with Crippen LogP contribution in [0.15, 0.2) is 30.3 Å². The Balaban J connectivity index is 2.58. The number of aromatic nitrogens is 1. The average Bonchev–Trinajstić information content (AvgIpc) is 2.73. The fourth-order valence-electron chi connectivity index (χ4n) is 1.61. The van der Waals surface area contributed by atoms with Crippen molar-refractivity contribution in [3.63, 3.8) is 0 Å². The molecule has 0 saturated carbocycles. The van der Waals surface area contributed by atoms with E-state index >= 15 is 0 Å². The zero-order valence-electron chi connectivity index (χ0n) is 8.93. The fraction of sp³-hybridized carbons (Fsp3) is 0.167. The molecular weight excluding hydrogens is 220 g/mol. The van der Waals surface area contributed by atoms with E-state index in [2.05, 4.69) is 4.37 Å². The normalized spacial score (nSPS) is 10.4. The van der Waals surface area contributed by atoms with Gasteiger partial charge in [-0.2, -0.15) is 4.37 Å². The van der Waals surface area contributed by atoms with Crippen LogP contribution in [0.1, 0.15) is 23.0 Å². The first-order chi connectivity index (χ1) is 7.74. The lowest BCUT2D eigenvalue weighted by Gasteiger charge is -2.00. The molecule has 0 aliphatic carbocycles. The highest BCUT2D eigenvalue weighted by atomic mass is 32.1. The summed E-state index contributed by atoms with van der Waals surface area (Å²) in [6.07, 6.45) is 0. The van der Waals surface area contributed by atoms with E-state index in [1.54, 1.807) is 6.92 Å². The molecule has 0 spiro atoms. The monoisotopic (exact) mass is 232 g/mol. The molecule has 0 atom stereocenters. The third-order valence-corrected chi connectivity index (χ3v) is 3.28. The van der Waals surface area contributed by atoms with Gasteiger partial charge in [0.25, 0.3) is 0 Å². The summed E-state index contributed by atoms with van der Waals surface area (Å²) >= 11 is 1.33. The number of benzene rings is 1. The number of nitrogens with two attached hydrogens (primary N) is 1. The number of carbonyl (C=O) groups excluding carboxylic acids is 1. The maximum atomic E-state index is 11.6. The summed E-state index contributed by atoms with van der Waals surface area (Å²) < 4.78 is 4.23. The van der Waals surface area contributed by atoms with Gasteiger partial charge < -0.3 is 5.73 Å². The predicted molar refractivity (Wildman–Crippen MR) is 65.4 cm³/mol. The average molecular weight is 232 g/mol. The van der Waals surface area contributed by atoms with Crippen LogP contribution >= 0.6 is 11.5 Å². The molecule has 3 nitrogen and oxygen atoms in total. The number of ketones is 1. The van der Waals surface area contributed by atoms with Crippen molar-refractivity contribution in [3.05, 3.63) is 41.6 Å². The number of rotatable bonds is 3. The van der Waals surface area contributed by atoms with E-state index in [4.69, 9.17) is 5.73 Å². The minimum absolute atomic E-state index is 0.0213. The Morgan fingerprint density at radius 1 is 1.38 bits per heavy atom. The number of carbonyl (C=O) groups is 1. The molecule has 2 rings (SSSR count). The third kappa shape index (κ3) is 1.89. The highest BCUT2D eigenvalue weighted by Gasteiger charge is 2.17. The van der Waals surface area contributed by atoms with Gasteiger partial charge in [0.1, 0.15) is 0 Å². The summed E-state index contributed by atoms with van der Waals surface area (Å²) in [6.45, 7) is 1.85. The van der Waals surface area contributed by atoms with Gasteiger partial charge >= 0.3 is 0 Å². The lowest BCUT2D eigenvalue weighted by atomic mass is 10.0. The van der Waals surface area contributed by atoms with Crippen LogP contribution < -0.4 is 5.73 Å². The van der Waals surface area contributed by atoms with Crippen LogP contribution in [-0.2, 0) is 6.54 Å². The molecule has 0 unspecified atom stereocenters. The smallest absolute Gasteiger partial charge is 0.163 e. The predicted octanol–water partition coefficient (Wildman–Crippen LogP) is 2.47. The molecule has 0 aliphatic heterocycles. The van der Waals surface area contributed by atoms with E-state index in [1.807, 2.05) is 30.3 Å². The van der Waals surface area contributed by atoms with Crippen molar-refractivity contribution in [2.45, 2.75) is 13.5 Å². The second kappa shape index (κ2) is 4.55. The number of Topliss-reactive ketones (excluding diaryl/α,β-unsaturated/α-hetero) is 1. The quantitative estimate of drug-likeness (QED) is 0.827. The Morgan fingerprint density at radius 2 is 2.06 bits per heavy atom. The SMILES string of the molecule is CC(=O)c1c(CN)nsc1-c1ccccc1. The second-order valence-corrected chi connectivity index (χ2v) is 4.23. The summed E-state index contributed by atoms with van der Waals surface area (Å²) in [6, 6.07) is 9.78. The maximum absolute atomic E-state index is 11.6. The first-order valence-corrected chi connectivity index (χ1v) is 5.76. The molecule has 4 heteroatoms. The van der Waals surface area contributed by atoms with Gasteiger partial charge in [0.2, 0.25) is 0 Å². The van der Waals surface area contributed by atoms with E-state index in [-0.39, 0.29) is 5.78 Å². The molecule has 82 valence electrons. The first kappa shape index (κ1) is 11.0. The minimum atomic E-state index is 0.0213. The van der Waals surface area contributed by atoms with Gasteiger partial charge in [-0.15, -0.1) is 0 Å². The molecule has 0 radical (unpaired) electrons. The van der Waals surface area contributed by atoms with Crippen LogP contribution in [0, 0.1) is 0 Å². The van der Waals surface area contributed by atoms with Crippen molar-refractivity contribution < 1.29 is 4.79 Å². The molecule has 0 aliphatic rings. The highest BCUT2D eigenvalue weighted by molar-refractivity contribution is 7.10. The molecule has 0 bridgehead atoms. The molecule has 0 amide bonds. The summed E-state index contributed by atoms with van der Waals surface area (Å²) in [5.41, 5.74) is 7.95. The zero-order valence-corrected chi connectivity index (χ0v) is 9.75. The minimum Gasteiger partial charge on any atom is -0.325 e. The van der Waals surface area contributed by atoms with Crippen molar-refractivity contribution in [2.24, 2.45) is 5.73 Å². The molecule has 1 aromatic carbocycles. The summed E-state index contributed by atoms with van der Waals surface area (Å²) in [5, 5.41) is 0. The van der Waals surface area contributed by atoms with Gasteiger partial charge in [-0.05, 0) is 24.0 Å². The van der Waals surface area contributed by atoms with Crippen molar-refractivity contribution in [2.75, 3.05) is 0 Å². The van der Waals surface area contributed by atoms with Gasteiger partial charge in [0, 0.05) is 6.54 Å². The van der Waals surface area contributed by atoms with E-state index in [1.165, 1.54) is 11.5 Å². The van der Waals surface area contributed by atoms with Gasteiger partial charge in [-0.25, -0.2) is 0 Å². The third-order valence-electron chi connectivity index (χ3n) is 2.34. The van der Waals surface area contributed by atoms with Gasteiger partial charge in [-0.1, -0.05) is 30.3 Å². The standard InChI is InChI=1S/C12H12N2OS/c1-8(15)11-10(7-13)14-16-12(11)9-5-3-2-4-6-9/h2-6H,7,13H2,1H3. The Bertz CT molecular complexity index is 505. The van der Waals surface area contributed by atoms with E-state index in [9.17, 15) is 4.79 Å². The fourth-order valence-corrected chi connectivity index (χ4v) is 2.57. The van der Waals surface area contributed by atoms with Crippen molar-refractivity contribution in [3.8, 4) is 10.4 Å². The molecule has 16 heavy (non-hydrogen) atoms. The summed E-state index contributed by atoms with van der Waals surface area (Å²) in [5.74, 6) is 0.0213. The van der Waals surface area contributed by atoms with Gasteiger partial charge in [-0.3, -0.25) is 4.79 Å². The van der Waals surface area contributed by atoms with Crippen LogP contribution in [0.25, 0.3) is 10.4 Å². The molecular formula is C12H12N2OS. The van der Waals surface area contributed by atoms with E-state index < -0.39 is 0 Å². The lowest BCUT2D eigenvalue weighted by molar-refractivity contribution is 0.101. The molecule has 1 heterocycles. The Hall–Kier alpha value is -1.52. The molecule has 0 fully saturated rings. The molecule has 1 aromatic heterocycles. The first-order valence-electron chi connectivity index (χ1n) is 4.99. The van der Waals surface area contributed by atoms with E-state index in [0.717, 1.165) is 10.4 Å². The maximum Gasteiger partial charge on any atom is 0.163 e. The van der Waals surface area contributed by atoms with Crippen molar-refractivity contribution in [1.29, 1.82) is 0 Å². The molecule has 0 saturated heterocycles. The number of hydrogen-bond acceptors (Lipinski definition) is 4. The molecule has 2 aromatic rings. The summed E-state index contributed by atoms with van der Waals surface area (Å²) in [4.78, 5) is 12.5. The van der Waals surface area contributed by atoms with Gasteiger partial charge in [0.15, 0.2) is 5.78 Å². The Kier molecular flexibility index (Phi) is 3.12. The Labute approximate surface area is 98.1 Å². The van der Waals surface area contributed by atoms with Crippen LogP contribution in [0.3, 0.4) is 0 Å². The zero-order chi connectivity index (χ0) is 11.5. The van der Waals surface area contributed by atoms with Crippen molar-refractivity contribution in [1.82, 2.24) is 4.37 Å². The topological polar surface area (TPSA) is 56.0 Å². The number of nitrogens with zero attached hydrogens (tertiary/aromatic N) is 1. The van der Waals surface area contributed by atoms with Crippen LogP contribution in [0.4, 0.5) is 0 Å². The van der Waals surface area contributed by atoms with Gasteiger partial charge in [0.05, 0.1) is 16.1 Å². The highest BCUT2D eigenvalue weighted by Crippen LogP contribution is 2.30. The summed E-state index contributed by atoms with van der Waals surface area (Å²) in [7, 11) is 0. The number of hydrogen-bond donors (Lipinski definition) is 1. The van der Waals surface area contributed by atoms with Crippen molar-refractivity contribution >= 4 is 17.3 Å². The molecule has 2 N–H and O–H groups in total. The Morgan fingerprint density at radius 3 is 2.62 bits per heavy atom. The second-order valence-electron chi connectivity index (χ2n) is 3.46. The van der Waals surface area contributed by atoms with Crippen LogP contribution in [0.2, 0.25) is 0 Å². The van der Waals surface area contributed by atoms with E-state index in [0.29, 0.717) is 17.8 Å². The lowest BCUT2D eigenvalue weighted by Crippen LogP contribution is -2.04. The van der Waals surface area contributed by atoms with Crippen LogP contribution in [0.5, 0.6) is 0 Å². The largest absolute Gasteiger partial charge is 0.325 e. The van der Waals surface area contributed by atoms with Crippen LogP contribution in [-0.4, -0.2) is 10.2 Å².